The number of thioether (sulfide) groups is 1. The minimum Gasteiger partial charge on any atom is -0.326 e. The van der Waals surface area contributed by atoms with E-state index in [-0.39, 0.29) is 11.7 Å². The third-order valence-corrected chi connectivity index (χ3v) is 4.53. The molecular weight excluding hydrogens is 272 g/mol. The van der Waals surface area contributed by atoms with Crippen molar-refractivity contribution < 1.29 is 9.59 Å². The normalized spacial score (nSPS) is 18.6. The minimum absolute atomic E-state index is 0.107. The van der Waals surface area contributed by atoms with Gasteiger partial charge in [0, 0.05) is 30.0 Å². The predicted molar refractivity (Wildman–Crippen MR) is 83.4 cm³/mol. The van der Waals surface area contributed by atoms with Gasteiger partial charge in [-0.25, -0.2) is 0 Å². The first-order valence-electron chi connectivity index (χ1n) is 6.88. The number of nitrogens with one attached hydrogen (secondary N) is 2. The summed E-state index contributed by atoms with van der Waals surface area (Å²) in [5.74, 6) is 0.561. The van der Waals surface area contributed by atoms with Crippen molar-refractivity contribution in [2.24, 2.45) is 0 Å². The summed E-state index contributed by atoms with van der Waals surface area (Å²) in [6.07, 6.45) is 2.38. The van der Waals surface area contributed by atoms with Crippen LogP contribution in [-0.4, -0.2) is 35.8 Å². The molecular formula is C15H20N2O2S. The van der Waals surface area contributed by atoms with Crippen molar-refractivity contribution in [3.63, 3.8) is 0 Å². The van der Waals surface area contributed by atoms with Gasteiger partial charge in [0.2, 0.25) is 5.91 Å². The van der Waals surface area contributed by atoms with Gasteiger partial charge in [-0.3, -0.25) is 9.59 Å². The molecule has 1 aliphatic heterocycles. The summed E-state index contributed by atoms with van der Waals surface area (Å²) in [5, 5.41) is 6.59. The van der Waals surface area contributed by atoms with E-state index in [1.54, 1.807) is 36.0 Å². The molecule has 1 amide bonds. The quantitative estimate of drug-likeness (QED) is 0.818. The molecule has 1 aromatic carbocycles. The number of Topliss-reactive ketones (excluding diaryl/α,β-unsaturated/α-hetero) is 1. The Bertz CT molecular complexity index is 467. The summed E-state index contributed by atoms with van der Waals surface area (Å²) in [6.45, 7) is 3.56. The maximum Gasteiger partial charge on any atom is 0.221 e. The molecule has 4 nitrogen and oxygen atoms in total. The van der Waals surface area contributed by atoms with E-state index in [4.69, 9.17) is 0 Å². The van der Waals surface area contributed by atoms with Crippen LogP contribution in [0.15, 0.2) is 24.3 Å². The number of anilines is 1. The zero-order valence-corrected chi connectivity index (χ0v) is 12.5. The van der Waals surface area contributed by atoms with E-state index in [9.17, 15) is 9.59 Å². The van der Waals surface area contributed by atoms with E-state index >= 15 is 0 Å². The van der Waals surface area contributed by atoms with E-state index in [1.165, 1.54) is 19.8 Å². The molecule has 1 saturated heterocycles. The highest BCUT2D eigenvalue weighted by Crippen LogP contribution is 2.20. The molecule has 0 aliphatic carbocycles. The Morgan fingerprint density at radius 2 is 2.10 bits per heavy atom. The van der Waals surface area contributed by atoms with Gasteiger partial charge in [0.05, 0.1) is 5.75 Å². The molecule has 0 radical (unpaired) electrons. The van der Waals surface area contributed by atoms with Crippen LogP contribution in [0, 0.1) is 0 Å². The van der Waals surface area contributed by atoms with Gasteiger partial charge in [-0.05, 0) is 43.7 Å². The van der Waals surface area contributed by atoms with E-state index in [0.29, 0.717) is 16.6 Å². The maximum absolute atomic E-state index is 12.1. The fraction of sp³-hybridized carbons (Fsp3) is 0.467. The molecule has 1 heterocycles. The van der Waals surface area contributed by atoms with Crippen LogP contribution in [0.2, 0.25) is 0 Å². The molecule has 2 N–H and O–H groups in total. The summed E-state index contributed by atoms with van der Waals surface area (Å²) in [6, 6.07) is 7.07. The molecule has 2 rings (SSSR count). The number of carbonyl (C=O) groups is 2. The number of hydrogen-bond donors (Lipinski definition) is 2. The van der Waals surface area contributed by atoms with Crippen LogP contribution < -0.4 is 10.6 Å². The highest BCUT2D eigenvalue weighted by atomic mass is 32.2. The summed E-state index contributed by atoms with van der Waals surface area (Å²) < 4.78 is 0. The lowest BCUT2D eigenvalue weighted by molar-refractivity contribution is -0.114. The van der Waals surface area contributed by atoms with Crippen LogP contribution in [0.3, 0.4) is 0 Å². The van der Waals surface area contributed by atoms with E-state index in [1.807, 2.05) is 0 Å². The standard InChI is InChI=1S/C15H20N2O2S/c1-11(18)17-13-6-4-12(5-7-13)15(19)10-20-14-3-2-8-16-9-14/h4-7,14,16H,2-3,8-10H2,1H3,(H,17,18). The van der Waals surface area contributed by atoms with Crippen LogP contribution in [0.5, 0.6) is 0 Å². The Morgan fingerprint density at radius 3 is 2.70 bits per heavy atom. The lowest BCUT2D eigenvalue weighted by atomic mass is 10.1. The number of hydrogen-bond acceptors (Lipinski definition) is 4. The third-order valence-electron chi connectivity index (χ3n) is 3.23. The molecule has 108 valence electrons. The van der Waals surface area contributed by atoms with E-state index in [2.05, 4.69) is 10.6 Å². The monoisotopic (exact) mass is 292 g/mol. The Hall–Kier alpha value is -1.33. The second kappa shape index (κ2) is 7.45. The zero-order valence-electron chi connectivity index (χ0n) is 11.6. The van der Waals surface area contributed by atoms with E-state index in [0.717, 1.165) is 18.8 Å². The minimum atomic E-state index is -0.107. The van der Waals surface area contributed by atoms with Crippen LogP contribution in [0.1, 0.15) is 30.1 Å². The molecule has 5 heteroatoms. The number of carbonyl (C=O) groups excluding carboxylic acids is 2. The molecule has 0 bridgehead atoms. The summed E-state index contributed by atoms with van der Waals surface area (Å²) in [7, 11) is 0. The van der Waals surface area contributed by atoms with E-state index < -0.39 is 0 Å². The van der Waals surface area contributed by atoms with Crippen LogP contribution >= 0.6 is 11.8 Å². The largest absolute Gasteiger partial charge is 0.326 e. The number of ketones is 1. The summed E-state index contributed by atoms with van der Waals surface area (Å²) in [5.41, 5.74) is 1.42. The van der Waals surface area contributed by atoms with Gasteiger partial charge in [-0.1, -0.05) is 0 Å². The van der Waals surface area contributed by atoms with Crippen LogP contribution in [-0.2, 0) is 4.79 Å². The topological polar surface area (TPSA) is 58.2 Å². The zero-order chi connectivity index (χ0) is 14.4. The fourth-order valence-corrected chi connectivity index (χ4v) is 3.30. The molecule has 1 fully saturated rings. The van der Waals surface area contributed by atoms with Crippen molar-refractivity contribution in [3.05, 3.63) is 29.8 Å². The predicted octanol–water partition coefficient (Wildman–Crippen LogP) is 2.31. The Balaban J connectivity index is 1.83. The van der Waals surface area contributed by atoms with Gasteiger partial charge in [0.25, 0.3) is 0 Å². The van der Waals surface area contributed by atoms with Crippen LogP contribution in [0.4, 0.5) is 5.69 Å². The lowest BCUT2D eigenvalue weighted by Crippen LogP contribution is -2.32. The second-order valence-corrected chi connectivity index (χ2v) is 6.25. The number of amides is 1. The number of rotatable bonds is 5. The maximum atomic E-state index is 12.1. The molecule has 1 aliphatic rings. The average molecular weight is 292 g/mol. The van der Waals surface area contributed by atoms with Crippen molar-refractivity contribution in [1.82, 2.24) is 5.32 Å². The van der Waals surface area contributed by atoms with Gasteiger partial charge < -0.3 is 10.6 Å². The first-order chi connectivity index (χ1) is 9.65. The molecule has 20 heavy (non-hydrogen) atoms. The Labute approximate surface area is 123 Å². The molecule has 1 unspecified atom stereocenters. The summed E-state index contributed by atoms with van der Waals surface area (Å²) in [4.78, 5) is 23.0. The first kappa shape index (κ1) is 15.1. The third kappa shape index (κ3) is 4.65. The number of benzene rings is 1. The van der Waals surface area contributed by atoms with Crippen molar-refractivity contribution >= 4 is 29.1 Å². The Morgan fingerprint density at radius 1 is 1.35 bits per heavy atom. The van der Waals surface area contributed by atoms with Crippen molar-refractivity contribution in [2.75, 3.05) is 24.2 Å². The average Bonchev–Trinajstić information content (AvgIpc) is 2.46. The number of piperidine rings is 1. The molecule has 0 saturated carbocycles. The lowest BCUT2D eigenvalue weighted by Gasteiger charge is -2.21. The van der Waals surface area contributed by atoms with Gasteiger partial charge in [0.1, 0.15) is 0 Å². The second-order valence-electron chi connectivity index (χ2n) is 4.96. The van der Waals surface area contributed by atoms with Crippen LogP contribution in [0.25, 0.3) is 0 Å². The van der Waals surface area contributed by atoms with Gasteiger partial charge in [-0.15, -0.1) is 11.8 Å². The molecule has 0 aromatic heterocycles. The van der Waals surface area contributed by atoms with Crippen molar-refractivity contribution in [2.45, 2.75) is 25.0 Å². The Kier molecular flexibility index (Phi) is 5.61. The highest BCUT2D eigenvalue weighted by molar-refractivity contribution is 8.00. The smallest absolute Gasteiger partial charge is 0.221 e. The van der Waals surface area contributed by atoms with Gasteiger partial charge in [0.15, 0.2) is 5.78 Å². The summed E-state index contributed by atoms with van der Waals surface area (Å²) >= 11 is 1.73. The molecule has 1 aromatic rings. The fourth-order valence-electron chi connectivity index (χ4n) is 2.18. The SMILES string of the molecule is CC(=O)Nc1ccc(C(=O)CSC2CCCNC2)cc1. The van der Waals surface area contributed by atoms with Crippen molar-refractivity contribution in [1.29, 1.82) is 0 Å². The van der Waals surface area contributed by atoms with Gasteiger partial charge >= 0.3 is 0 Å². The van der Waals surface area contributed by atoms with Gasteiger partial charge in [-0.2, -0.15) is 0 Å². The highest BCUT2D eigenvalue weighted by Gasteiger charge is 2.15. The molecule has 1 atom stereocenters. The van der Waals surface area contributed by atoms with Crippen molar-refractivity contribution in [3.8, 4) is 0 Å². The first-order valence-corrected chi connectivity index (χ1v) is 7.93. The molecule has 0 spiro atoms.